The average Bonchev–Trinajstić information content (AvgIpc) is 2.51. The summed E-state index contributed by atoms with van der Waals surface area (Å²) in [5.74, 6) is 0.174. The predicted molar refractivity (Wildman–Crippen MR) is 89.9 cm³/mol. The van der Waals surface area contributed by atoms with Crippen molar-refractivity contribution in [2.24, 2.45) is 5.92 Å². The minimum Gasteiger partial charge on any atom is -0.461 e. The van der Waals surface area contributed by atoms with Crippen LogP contribution in [0.3, 0.4) is 0 Å². The van der Waals surface area contributed by atoms with Gasteiger partial charge in [0.25, 0.3) is 0 Å². The van der Waals surface area contributed by atoms with Crippen molar-refractivity contribution in [1.29, 1.82) is 0 Å². The predicted octanol–water partition coefficient (Wildman–Crippen LogP) is 2.95. The first-order valence-electron chi connectivity index (χ1n) is 9.13. The first-order valence-corrected chi connectivity index (χ1v) is 9.13. The molecule has 1 fully saturated rings. The molecule has 1 rings (SSSR count). The fourth-order valence-corrected chi connectivity index (χ4v) is 2.91. The third-order valence-corrected chi connectivity index (χ3v) is 4.31. The molecular formula is C18H33NO4. The van der Waals surface area contributed by atoms with Gasteiger partial charge in [-0.2, -0.15) is 0 Å². The Hall–Kier alpha value is -1.10. The van der Waals surface area contributed by atoms with Crippen LogP contribution in [-0.2, 0) is 14.3 Å². The standard InChI is InChI=1S/C18H33NO4/c1-14(2)8-6-7-10-15-9-4-3-5-11-17(21)19-16(12-13-20)18(22)23-15/h14-16,20H,3-13H2,1-2H3,(H,19,21)/t15?,16-/m0/s1. The topological polar surface area (TPSA) is 75.6 Å². The number of esters is 1. The van der Waals surface area contributed by atoms with Gasteiger partial charge in [-0.15, -0.1) is 0 Å². The molecule has 0 aliphatic carbocycles. The van der Waals surface area contributed by atoms with E-state index >= 15 is 0 Å². The third-order valence-electron chi connectivity index (χ3n) is 4.31. The molecule has 0 bridgehead atoms. The quantitative estimate of drug-likeness (QED) is 0.557. The van der Waals surface area contributed by atoms with E-state index in [9.17, 15) is 9.59 Å². The molecule has 5 nitrogen and oxygen atoms in total. The minimum atomic E-state index is -0.719. The summed E-state index contributed by atoms with van der Waals surface area (Å²) in [5, 5.41) is 11.8. The zero-order chi connectivity index (χ0) is 17.1. The third kappa shape index (κ3) is 8.94. The van der Waals surface area contributed by atoms with Crippen LogP contribution in [0.1, 0.15) is 78.1 Å². The van der Waals surface area contributed by atoms with Crippen molar-refractivity contribution in [2.45, 2.75) is 90.2 Å². The van der Waals surface area contributed by atoms with Gasteiger partial charge in [-0.05, 0) is 38.0 Å². The van der Waals surface area contributed by atoms with E-state index in [0.29, 0.717) is 12.3 Å². The van der Waals surface area contributed by atoms with Crippen molar-refractivity contribution >= 4 is 11.9 Å². The van der Waals surface area contributed by atoms with Crippen molar-refractivity contribution in [2.75, 3.05) is 6.61 Å². The lowest BCUT2D eigenvalue weighted by Gasteiger charge is -2.22. The van der Waals surface area contributed by atoms with Crippen LogP contribution in [0, 0.1) is 5.92 Å². The summed E-state index contributed by atoms with van der Waals surface area (Å²) in [6, 6.07) is -0.719. The van der Waals surface area contributed by atoms with Crippen LogP contribution in [0.4, 0.5) is 0 Å². The summed E-state index contributed by atoms with van der Waals surface area (Å²) in [5.41, 5.74) is 0. The van der Waals surface area contributed by atoms with E-state index in [1.165, 1.54) is 6.42 Å². The van der Waals surface area contributed by atoms with E-state index in [-0.39, 0.29) is 25.0 Å². The number of carbonyl (C=O) groups is 2. The van der Waals surface area contributed by atoms with E-state index < -0.39 is 12.0 Å². The molecule has 23 heavy (non-hydrogen) atoms. The van der Waals surface area contributed by atoms with Gasteiger partial charge in [0, 0.05) is 19.4 Å². The minimum absolute atomic E-state index is 0.0640. The summed E-state index contributed by atoms with van der Waals surface area (Å²) in [6.07, 6.45) is 8.57. The number of hydrogen-bond acceptors (Lipinski definition) is 4. The number of nitrogens with one attached hydrogen (secondary N) is 1. The Morgan fingerprint density at radius 1 is 1.17 bits per heavy atom. The molecule has 2 N–H and O–H groups in total. The van der Waals surface area contributed by atoms with Crippen LogP contribution in [0.25, 0.3) is 0 Å². The van der Waals surface area contributed by atoms with Crippen molar-refractivity contribution in [3.05, 3.63) is 0 Å². The van der Waals surface area contributed by atoms with Gasteiger partial charge in [0.2, 0.25) is 5.91 Å². The Morgan fingerprint density at radius 2 is 1.96 bits per heavy atom. The number of ether oxygens (including phenoxy) is 1. The molecule has 1 aliphatic heterocycles. The zero-order valence-corrected chi connectivity index (χ0v) is 14.7. The van der Waals surface area contributed by atoms with Crippen LogP contribution >= 0.6 is 0 Å². The number of unbranched alkanes of at least 4 members (excludes halogenated alkanes) is 1. The summed E-state index contributed by atoms with van der Waals surface area (Å²) in [4.78, 5) is 24.1. The number of amides is 1. The van der Waals surface area contributed by atoms with Crippen LogP contribution in [0.15, 0.2) is 0 Å². The Morgan fingerprint density at radius 3 is 2.65 bits per heavy atom. The van der Waals surface area contributed by atoms with Gasteiger partial charge in [-0.25, -0.2) is 4.79 Å². The Balaban J connectivity index is 2.56. The first-order chi connectivity index (χ1) is 11.0. The van der Waals surface area contributed by atoms with E-state index in [1.54, 1.807) is 0 Å². The van der Waals surface area contributed by atoms with Crippen molar-refractivity contribution in [3.8, 4) is 0 Å². The molecule has 5 heteroatoms. The largest absolute Gasteiger partial charge is 0.461 e. The van der Waals surface area contributed by atoms with Gasteiger partial charge in [-0.3, -0.25) is 4.79 Å². The Labute approximate surface area is 140 Å². The SMILES string of the molecule is CC(C)CCCCC1CCCCCC(=O)N[C@@H](CCO)C(=O)O1. The molecule has 1 aliphatic rings. The summed E-state index contributed by atoms with van der Waals surface area (Å²) in [6.45, 7) is 4.30. The molecule has 0 radical (unpaired) electrons. The average molecular weight is 327 g/mol. The lowest BCUT2D eigenvalue weighted by Crippen LogP contribution is -2.43. The van der Waals surface area contributed by atoms with E-state index in [0.717, 1.165) is 44.9 Å². The smallest absolute Gasteiger partial charge is 0.328 e. The molecule has 1 amide bonds. The molecule has 1 unspecified atom stereocenters. The number of aliphatic hydroxyl groups is 1. The second-order valence-electron chi connectivity index (χ2n) is 6.97. The molecule has 1 heterocycles. The van der Waals surface area contributed by atoms with Gasteiger partial charge < -0.3 is 15.2 Å². The molecular weight excluding hydrogens is 294 g/mol. The second kappa shape index (κ2) is 11.4. The molecule has 0 aromatic heterocycles. The molecule has 1 saturated heterocycles. The fourth-order valence-electron chi connectivity index (χ4n) is 2.91. The Bertz CT molecular complexity index is 357. The van der Waals surface area contributed by atoms with Crippen LogP contribution in [0.2, 0.25) is 0 Å². The van der Waals surface area contributed by atoms with Crippen molar-refractivity contribution in [1.82, 2.24) is 5.32 Å². The maximum Gasteiger partial charge on any atom is 0.328 e. The van der Waals surface area contributed by atoms with E-state index in [4.69, 9.17) is 9.84 Å². The van der Waals surface area contributed by atoms with Crippen LogP contribution < -0.4 is 5.32 Å². The second-order valence-corrected chi connectivity index (χ2v) is 6.97. The highest BCUT2D eigenvalue weighted by molar-refractivity contribution is 5.84. The maximum absolute atomic E-state index is 12.3. The molecule has 2 atom stereocenters. The molecule has 0 spiro atoms. The molecule has 0 saturated carbocycles. The summed E-state index contributed by atoms with van der Waals surface area (Å²) < 4.78 is 5.64. The number of carbonyl (C=O) groups excluding carboxylic acids is 2. The van der Waals surface area contributed by atoms with Gasteiger partial charge in [0.1, 0.15) is 12.1 Å². The number of aliphatic hydroxyl groups excluding tert-OH is 1. The summed E-state index contributed by atoms with van der Waals surface area (Å²) in [7, 11) is 0. The van der Waals surface area contributed by atoms with Crippen LogP contribution in [0.5, 0.6) is 0 Å². The van der Waals surface area contributed by atoms with Gasteiger partial charge in [0.15, 0.2) is 0 Å². The monoisotopic (exact) mass is 327 g/mol. The lowest BCUT2D eigenvalue weighted by atomic mass is 10.0. The number of cyclic esters (lactones) is 1. The normalized spacial score (nSPS) is 24.0. The molecule has 0 aromatic carbocycles. The van der Waals surface area contributed by atoms with E-state index in [1.807, 2.05) is 0 Å². The fraction of sp³-hybridized carbons (Fsp3) is 0.889. The summed E-state index contributed by atoms with van der Waals surface area (Å²) >= 11 is 0. The van der Waals surface area contributed by atoms with Gasteiger partial charge >= 0.3 is 5.97 Å². The highest BCUT2D eigenvalue weighted by Crippen LogP contribution is 2.18. The highest BCUT2D eigenvalue weighted by atomic mass is 16.5. The van der Waals surface area contributed by atoms with Crippen molar-refractivity contribution < 1.29 is 19.4 Å². The van der Waals surface area contributed by atoms with E-state index in [2.05, 4.69) is 19.2 Å². The lowest BCUT2D eigenvalue weighted by molar-refractivity contribution is -0.154. The first kappa shape index (κ1) is 19.9. The molecule has 0 aromatic rings. The van der Waals surface area contributed by atoms with Crippen molar-refractivity contribution in [3.63, 3.8) is 0 Å². The van der Waals surface area contributed by atoms with Crippen LogP contribution in [-0.4, -0.2) is 35.7 Å². The number of hydrogen-bond donors (Lipinski definition) is 2. The highest BCUT2D eigenvalue weighted by Gasteiger charge is 2.25. The van der Waals surface area contributed by atoms with Gasteiger partial charge in [-0.1, -0.05) is 33.1 Å². The molecule has 134 valence electrons. The zero-order valence-electron chi connectivity index (χ0n) is 14.7. The maximum atomic E-state index is 12.3. The van der Waals surface area contributed by atoms with Gasteiger partial charge in [0.05, 0.1) is 0 Å². The Kier molecular flexibility index (Phi) is 9.92. The number of rotatable bonds is 7.